The van der Waals surface area contributed by atoms with Gasteiger partial charge in [-0.15, -0.1) is 0 Å². The quantitative estimate of drug-likeness (QED) is 0.772. The molecule has 0 aliphatic rings. The van der Waals surface area contributed by atoms with E-state index in [4.69, 9.17) is 0 Å². The van der Waals surface area contributed by atoms with Crippen molar-refractivity contribution in [3.63, 3.8) is 0 Å². The van der Waals surface area contributed by atoms with Crippen LogP contribution in [-0.2, 0) is 14.3 Å². The third-order valence-electron chi connectivity index (χ3n) is 3.28. The number of anilines is 1. The maximum atomic E-state index is 12.0. The molecule has 1 rings (SSSR count). The summed E-state index contributed by atoms with van der Waals surface area (Å²) >= 11 is 0. The van der Waals surface area contributed by atoms with Gasteiger partial charge in [-0.1, -0.05) is 18.2 Å². The smallest absolute Gasteiger partial charge is 0.372 e. The van der Waals surface area contributed by atoms with Crippen LogP contribution in [0.15, 0.2) is 18.2 Å². The van der Waals surface area contributed by atoms with E-state index in [1.165, 1.54) is 7.05 Å². The van der Waals surface area contributed by atoms with Crippen LogP contribution in [0, 0.1) is 13.8 Å². The largest absolute Gasteiger partial charge is 0.411 e. The number of hydrogen-bond donors (Lipinski definition) is 1. The Hall–Kier alpha value is -2.09. The van der Waals surface area contributed by atoms with Crippen molar-refractivity contribution in [1.82, 2.24) is 4.90 Å². The van der Waals surface area contributed by atoms with Gasteiger partial charge in [0.15, 0.2) is 0 Å². The number of carbonyl (C=O) groups excluding carboxylic acids is 2. The number of aryl methyl sites for hydroxylation is 2. The third kappa shape index (κ3) is 6.99. The predicted octanol–water partition coefficient (Wildman–Crippen LogP) is 2.67. The van der Waals surface area contributed by atoms with Crippen molar-refractivity contribution in [1.29, 1.82) is 0 Å². The molecule has 0 spiro atoms. The summed E-state index contributed by atoms with van der Waals surface area (Å²) in [6.45, 7) is 1.79. The molecule has 24 heavy (non-hydrogen) atoms. The lowest BCUT2D eigenvalue weighted by molar-refractivity contribution is -0.175. The first-order valence-corrected chi connectivity index (χ1v) is 7.34. The minimum Gasteiger partial charge on any atom is -0.372 e. The molecule has 0 aliphatic heterocycles. The average molecular weight is 346 g/mol. The van der Waals surface area contributed by atoms with E-state index in [-0.39, 0.29) is 25.5 Å². The fraction of sp³-hybridized carbons (Fsp3) is 0.500. The fourth-order valence-corrected chi connectivity index (χ4v) is 2.03. The van der Waals surface area contributed by atoms with Crippen LogP contribution < -0.4 is 5.32 Å². The number of rotatable bonds is 7. The van der Waals surface area contributed by atoms with E-state index in [9.17, 15) is 22.8 Å². The van der Waals surface area contributed by atoms with Gasteiger partial charge in [-0.2, -0.15) is 13.2 Å². The monoisotopic (exact) mass is 346 g/mol. The zero-order valence-corrected chi connectivity index (χ0v) is 13.9. The summed E-state index contributed by atoms with van der Waals surface area (Å²) in [5.74, 6) is -0.840. The molecule has 0 aromatic heterocycles. The number of hydrogen-bond acceptors (Lipinski definition) is 3. The average Bonchev–Trinajstić information content (AvgIpc) is 2.46. The van der Waals surface area contributed by atoms with E-state index in [0.717, 1.165) is 16.0 Å². The highest BCUT2D eigenvalue weighted by molar-refractivity contribution is 5.95. The second-order valence-electron chi connectivity index (χ2n) is 5.48. The first kappa shape index (κ1) is 20.0. The van der Waals surface area contributed by atoms with Crippen molar-refractivity contribution >= 4 is 17.5 Å². The zero-order chi connectivity index (χ0) is 18.3. The van der Waals surface area contributed by atoms with Gasteiger partial charge in [0.2, 0.25) is 11.8 Å². The summed E-state index contributed by atoms with van der Waals surface area (Å²) in [7, 11) is 1.41. The highest BCUT2D eigenvalue weighted by Crippen LogP contribution is 2.19. The van der Waals surface area contributed by atoms with Gasteiger partial charge >= 0.3 is 6.18 Å². The summed E-state index contributed by atoms with van der Waals surface area (Å²) in [5.41, 5.74) is 2.49. The number of ether oxygens (including phenoxy) is 1. The van der Waals surface area contributed by atoms with Crippen molar-refractivity contribution < 1.29 is 27.5 Å². The molecule has 134 valence electrons. The molecule has 0 radical (unpaired) electrons. The summed E-state index contributed by atoms with van der Waals surface area (Å²) < 4.78 is 40.1. The lowest BCUT2D eigenvalue weighted by Gasteiger charge is -2.18. The lowest BCUT2D eigenvalue weighted by Crippen LogP contribution is -2.35. The Kier molecular flexibility index (Phi) is 7.21. The topological polar surface area (TPSA) is 58.6 Å². The second kappa shape index (κ2) is 8.68. The Morgan fingerprint density at radius 1 is 1.21 bits per heavy atom. The Labute approximate surface area is 138 Å². The minimum atomic E-state index is -4.42. The van der Waals surface area contributed by atoms with Crippen LogP contribution in [0.3, 0.4) is 0 Å². The number of amides is 2. The third-order valence-corrected chi connectivity index (χ3v) is 3.28. The van der Waals surface area contributed by atoms with Gasteiger partial charge < -0.3 is 15.0 Å². The van der Waals surface area contributed by atoms with E-state index in [1.807, 2.05) is 32.0 Å². The van der Waals surface area contributed by atoms with Crippen LogP contribution in [0.5, 0.6) is 0 Å². The molecule has 8 heteroatoms. The van der Waals surface area contributed by atoms with E-state index in [2.05, 4.69) is 10.1 Å². The van der Waals surface area contributed by atoms with Crippen molar-refractivity contribution in [2.75, 3.05) is 32.1 Å². The van der Waals surface area contributed by atoms with Crippen LogP contribution >= 0.6 is 0 Å². The van der Waals surface area contributed by atoms with Gasteiger partial charge in [0.1, 0.15) is 6.61 Å². The molecular formula is C16H21F3N2O3. The number of alkyl halides is 3. The lowest BCUT2D eigenvalue weighted by atomic mass is 10.1. The minimum absolute atomic E-state index is 0.189. The SMILES string of the molecule is Cc1cccc(C)c1NC(=O)CN(C)C(=O)CCOCC(F)(F)F. The van der Waals surface area contributed by atoms with Crippen molar-refractivity contribution in [2.24, 2.45) is 0 Å². The normalized spacial score (nSPS) is 11.2. The number of benzene rings is 1. The van der Waals surface area contributed by atoms with Crippen LogP contribution in [0.1, 0.15) is 17.5 Å². The fourth-order valence-electron chi connectivity index (χ4n) is 2.03. The molecule has 0 saturated heterocycles. The molecular weight excluding hydrogens is 325 g/mol. The molecule has 0 atom stereocenters. The van der Waals surface area contributed by atoms with Gasteiger partial charge in [0.05, 0.1) is 19.6 Å². The number of nitrogens with one attached hydrogen (secondary N) is 1. The number of nitrogens with zero attached hydrogens (tertiary/aromatic N) is 1. The summed E-state index contributed by atoms with van der Waals surface area (Å²) in [6, 6.07) is 5.59. The maximum absolute atomic E-state index is 12.0. The Balaban J connectivity index is 2.42. The van der Waals surface area contributed by atoms with Gasteiger partial charge in [-0.05, 0) is 25.0 Å². The van der Waals surface area contributed by atoms with Gasteiger partial charge in [-0.25, -0.2) is 0 Å². The highest BCUT2D eigenvalue weighted by Gasteiger charge is 2.27. The Bertz CT molecular complexity index is 568. The van der Waals surface area contributed by atoms with Gasteiger partial charge in [0.25, 0.3) is 0 Å². The number of likely N-dealkylation sites (N-methyl/N-ethyl adjacent to an activating group) is 1. The van der Waals surface area contributed by atoms with Gasteiger partial charge in [0, 0.05) is 12.7 Å². The van der Waals surface area contributed by atoms with E-state index in [0.29, 0.717) is 5.69 Å². The Morgan fingerprint density at radius 3 is 2.33 bits per heavy atom. The van der Waals surface area contributed by atoms with Crippen molar-refractivity contribution in [3.8, 4) is 0 Å². The van der Waals surface area contributed by atoms with Crippen LogP contribution in [-0.4, -0.2) is 49.7 Å². The summed E-state index contributed by atoms with van der Waals surface area (Å²) in [4.78, 5) is 24.9. The van der Waals surface area contributed by atoms with Gasteiger partial charge in [-0.3, -0.25) is 9.59 Å². The second-order valence-corrected chi connectivity index (χ2v) is 5.48. The number of halogens is 3. The summed E-state index contributed by atoms with van der Waals surface area (Å²) in [5, 5.41) is 2.74. The standard InChI is InChI=1S/C16H21F3N2O3/c1-11-5-4-6-12(2)15(11)20-13(22)9-21(3)14(23)7-8-24-10-16(17,18)19/h4-6H,7-10H2,1-3H3,(H,20,22). The van der Waals surface area contributed by atoms with E-state index in [1.54, 1.807) is 0 Å². The van der Waals surface area contributed by atoms with Crippen molar-refractivity contribution in [2.45, 2.75) is 26.4 Å². The van der Waals surface area contributed by atoms with E-state index < -0.39 is 18.7 Å². The molecule has 0 bridgehead atoms. The van der Waals surface area contributed by atoms with Crippen molar-refractivity contribution in [3.05, 3.63) is 29.3 Å². The first-order chi connectivity index (χ1) is 11.1. The molecule has 1 N–H and O–H groups in total. The molecule has 0 aliphatic carbocycles. The first-order valence-electron chi connectivity index (χ1n) is 7.34. The molecule has 0 unspecified atom stereocenters. The zero-order valence-electron chi connectivity index (χ0n) is 13.9. The highest BCUT2D eigenvalue weighted by atomic mass is 19.4. The molecule has 0 saturated carbocycles. The maximum Gasteiger partial charge on any atom is 0.411 e. The number of carbonyl (C=O) groups is 2. The molecule has 2 amide bonds. The van der Waals surface area contributed by atoms with Crippen LogP contribution in [0.4, 0.5) is 18.9 Å². The molecule has 0 heterocycles. The van der Waals surface area contributed by atoms with Crippen LogP contribution in [0.2, 0.25) is 0 Å². The number of para-hydroxylation sites is 1. The molecule has 5 nitrogen and oxygen atoms in total. The predicted molar refractivity (Wildman–Crippen MR) is 83.7 cm³/mol. The Morgan fingerprint density at radius 2 is 1.79 bits per heavy atom. The molecule has 0 fully saturated rings. The summed E-state index contributed by atoms with van der Waals surface area (Å²) in [6.07, 6.45) is -4.64. The molecule has 1 aromatic rings. The van der Waals surface area contributed by atoms with Crippen LogP contribution in [0.25, 0.3) is 0 Å². The van der Waals surface area contributed by atoms with E-state index >= 15 is 0 Å². The molecule has 1 aromatic carbocycles.